The molecule has 1 N–H and O–H groups in total. The molecule has 1 unspecified atom stereocenters. The Morgan fingerprint density at radius 2 is 1.88 bits per heavy atom. The number of hydrogen-bond donors (Lipinski definition) is 1. The summed E-state index contributed by atoms with van der Waals surface area (Å²) in [6.07, 6.45) is 11.3. The molecule has 1 fully saturated rings. The maximum absolute atomic E-state index is 4.77. The summed E-state index contributed by atoms with van der Waals surface area (Å²) in [5, 5.41) is 8.01. The summed E-state index contributed by atoms with van der Waals surface area (Å²) in [5.41, 5.74) is 4.68. The number of nitrogens with zero attached hydrogens (tertiary/aromatic N) is 7. The average Bonchev–Trinajstić information content (AvgIpc) is 3.29. The topological polar surface area (TPSA) is 94.3 Å². The first-order valence-electron chi connectivity index (χ1n) is 11.0. The zero-order chi connectivity index (χ0) is 21.8. The van der Waals surface area contributed by atoms with Gasteiger partial charge in [-0.3, -0.25) is 4.68 Å². The van der Waals surface area contributed by atoms with Crippen LogP contribution in [0.15, 0.2) is 55.1 Å². The highest BCUT2D eigenvalue weighted by Crippen LogP contribution is 2.17. The Bertz CT molecular complexity index is 1200. The van der Waals surface area contributed by atoms with Crippen molar-refractivity contribution in [1.82, 2.24) is 40.0 Å². The van der Waals surface area contributed by atoms with Crippen LogP contribution in [0.25, 0.3) is 11.5 Å². The van der Waals surface area contributed by atoms with Gasteiger partial charge in [-0.15, -0.1) is 0 Å². The maximum Gasteiger partial charge on any atom is 0.178 e. The van der Waals surface area contributed by atoms with Gasteiger partial charge in [0, 0.05) is 43.7 Å². The Labute approximate surface area is 187 Å². The van der Waals surface area contributed by atoms with Crippen molar-refractivity contribution in [3.05, 3.63) is 83.6 Å². The van der Waals surface area contributed by atoms with Crippen LogP contribution in [-0.4, -0.2) is 47.8 Å². The van der Waals surface area contributed by atoms with E-state index in [1.165, 1.54) is 12.8 Å². The van der Waals surface area contributed by atoms with Gasteiger partial charge in [-0.2, -0.15) is 5.10 Å². The minimum atomic E-state index is 0.430. The molecule has 8 nitrogen and oxygen atoms in total. The zero-order valence-corrected chi connectivity index (χ0v) is 18.1. The van der Waals surface area contributed by atoms with Crippen molar-refractivity contribution in [3.8, 4) is 11.5 Å². The lowest BCUT2D eigenvalue weighted by Gasteiger charge is -2.22. The van der Waals surface area contributed by atoms with E-state index in [4.69, 9.17) is 9.97 Å². The lowest BCUT2D eigenvalue weighted by atomic mass is 10.1. The minimum absolute atomic E-state index is 0.430. The normalized spacial score (nSPS) is 16.2. The second kappa shape index (κ2) is 9.32. The number of nitrogens with one attached hydrogen (secondary N) is 1. The molecule has 0 saturated carbocycles. The van der Waals surface area contributed by atoms with Gasteiger partial charge in [-0.25, -0.2) is 24.9 Å². The molecule has 0 aromatic carbocycles. The summed E-state index contributed by atoms with van der Waals surface area (Å²) in [4.78, 5) is 22.8. The lowest BCUT2D eigenvalue weighted by Crippen LogP contribution is -2.31. The Hall–Kier alpha value is -3.52. The molecule has 1 saturated heterocycles. The maximum atomic E-state index is 4.77. The van der Waals surface area contributed by atoms with E-state index in [9.17, 15) is 0 Å². The van der Waals surface area contributed by atoms with E-state index < -0.39 is 0 Å². The van der Waals surface area contributed by atoms with Crippen LogP contribution in [0, 0.1) is 6.92 Å². The lowest BCUT2D eigenvalue weighted by molar-refractivity contribution is 0.346. The Morgan fingerprint density at radius 3 is 2.72 bits per heavy atom. The van der Waals surface area contributed by atoms with E-state index >= 15 is 0 Å². The van der Waals surface area contributed by atoms with E-state index in [1.54, 1.807) is 6.20 Å². The summed E-state index contributed by atoms with van der Waals surface area (Å²) in [6, 6.07) is 10.2. The zero-order valence-electron chi connectivity index (χ0n) is 18.1. The van der Waals surface area contributed by atoms with Crippen LogP contribution in [0.3, 0.4) is 0 Å². The fraction of sp³-hybridized carbons (Fsp3) is 0.333. The highest BCUT2D eigenvalue weighted by Gasteiger charge is 2.16. The van der Waals surface area contributed by atoms with Crippen LogP contribution in [0.1, 0.15) is 47.4 Å². The summed E-state index contributed by atoms with van der Waals surface area (Å²) in [7, 11) is 0. The van der Waals surface area contributed by atoms with Crippen molar-refractivity contribution in [2.45, 2.75) is 38.6 Å². The Kier molecular flexibility index (Phi) is 5.93. The van der Waals surface area contributed by atoms with Crippen molar-refractivity contribution in [3.63, 3.8) is 0 Å². The number of aryl methyl sites for hydroxylation is 1. The molecule has 0 bridgehead atoms. The van der Waals surface area contributed by atoms with Gasteiger partial charge in [-0.05, 0) is 56.1 Å². The minimum Gasteiger partial charge on any atom is -0.315 e. The molecule has 0 amide bonds. The van der Waals surface area contributed by atoms with Gasteiger partial charge in [0.1, 0.15) is 11.5 Å². The molecule has 1 aliphatic heterocycles. The van der Waals surface area contributed by atoms with Crippen LogP contribution in [-0.2, 0) is 12.8 Å². The summed E-state index contributed by atoms with van der Waals surface area (Å²) in [5.74, 6) is 1.42. The molecule has 4 aromatic rings. The first-order valence-corrected chi connectivity index (χ1v) is 11.0. The van der Waals surface area contributed by atoms with Crippen LogP contribution in [0.5, 0.6) is 0 Å². The van der Waals surface area contributed by atoms with E-state index in [-0.39, 0.29) is 0 Å². The van der Waals surface area contributed by atoms with Crippen molar-refractivity contribution in [1.29, 1.82) is 0 Å². The quantitative estimate of drug-likeness (QED) is 0.506. The molecule has 0 radical (unpaired) electrons. The molecule has 32 heavy (non-hydrogen) atoms. The van der Waals surface area contributed by atoms with E-state index in [0.717, 1.165) is 47.3 Å². The van der Waals surface area contributed by atoms with Crippen LogP contribution >= 0.6 is 0 Å². The number of hydrogen-bond acceptors (Lipinski definition) is 7. The van der Waals surface area contributed by atoms with E-state index in [1.807, 2.05) is 49.6 Å². The molecule has 5 heterocycles. The third-order valence-corrected chi connectivity index (χ3v) is 5.62. The monoisotopic (exact) mass is 426 g/mol. The van der Waals surface area contributed by atoms with Crippen LogP contribution < -0.4 is 5.32 Å². The molecule has 0 aliphatic carbocycles. The summed E-state index contributed by atoms with van der Waals surface area (Å²) in [6.45, 7) is 4.04. The van der Waals surface area contributed by atoms with Crippen LogP contribution in [0.4, 0.5) is 0 Å². The van der Waals surface area contributed by atoms with Gasteiger partial charge in [0.25, 0.3) is 0 Å². The van der Waals surface area contributed by atoms with Gasteiger partial charge in [0.15, 0.2) is 5.82 Å². The first-order chi connectivity index (χ1) is 15.7. The number of pyridine rings is 1. The van der Waals surface area contributed by atoms with Gasteiger partial charge >= 0.3 is 0 Å². The molecular formula is C24H26N8. The van der Waals surface area contributed by atoms with Crippen molar-refractivity contribution in [2.24, 2.45) is 0 Å². The molecular weight excluding hydrogens is 400 g/mol. The van der Waals surface area contributed by atoms with E-state index in [2.05, 4.69) is 36.2 Å². The SMILES string of the molecule is Cc1cccc(-c2nccc(Cc3ccnc(Cc4cnn(C5CCCNC5)c4)n3)n2)n1. The molecule has 4 aromatic heterocycles. The Balaban J connectivity index is 1.29. The fourth-order valence-corrected chi connectivity index (χ4v) is 4.01. The highest BCUT2D eigenvalue weighted by molar-refractivity contribution is 5.49. The number of aromatic nitrogens is 7. The van der Waals surface area contributed by atoms with E-state index in [0.29, 0.717) is 24.7 Å². The van der Waals surface area contributed by atoms with Gasteiger partial charge < -0.3 is 5.32 Å². The second-order valence-electron chi connectivity index (χ2n) is 8.18. The molecule has 5 rings (SSSR count). The highest BCUT2D eigenvalue weighted by atomic mass is 15.3. The fourth-order valence-electron chi connectivity index (χ4n) is 4.01. The average molecular weight is 427 g/mol. The predicted octanol–water partition coefficient (Wildman–Crippen LogP) is 2.94. The standard InChI is InChI=1S/C24H26N8/c1-17-4-2-6-22(29-17)24-27-11-8-20(31-24)13-19-7-10-26-23(30-19)12-18-14-28-32(16-18)21-5-3-9-25-15-21/h2,4,6-8,10-11,14,16,21,25H,3,5,9,12-13,15H2,1H3. The third kappa shape index (κ3) is 4.86. The van der Waals surface area contributed by atoms with Crippen LogP contribution in [0.2, 0.25) is 0 Å². The molecule has 0 spiro atoms. The third-order valence-electron chi connectivity index (χ3n) is 5.62. The first kappa shape index (κ1) is 20.4. The van der Waals surface area contributed by atoms with Crippen molar-refractivity contribution in [2.75, 3.05) is 13.1 Å². The smallest absolute Gasteiger partial charge is 0.178 e. The molecule has 1 atom stereocenters. The number of rotatable bonds is 6. The van der Waals surface area contributed by atoms with Crippen molar-refractivity contribution < 1.29 is 0 Å². The van der Waals surface area contributed by atoms with Gasteiger partial charge in [-0.1, -0.05) is 6.07 Å². The molecule has 8 heteroatoms. The predicted molar refractivity (Wildman–Crippen MR) is 121 cm³/mol. The summed E-state index contributed by atoms with van der Waals surface area (Å²) >= 11 is 0. The van der Waals surface area contributed by atoms with Gasteiger partial charge in [0.2, 0.25) is 0 Å². The Morgan fingerprint density at radius 1 is 1.00 bits per heavy atom. The largest absolute Gasteiger partial charge is 0.315 e. The number of piperidine rings is 1. The summed E-state index contributed by atoms with van der Waals surface area (Å²) < 4.78 is 2.08. The van der Waals surface area contributed by atoms with Gasteiger partial charge in [0.05, 0.1) is 23.6 Å². The second-order valence-corrected chi connectivity index (χ2v) is 8.18. The van der Waals surface area contributed by atoms with Crippen molar-refractivity contribution >= 4 is 0 Å². The molecule has 162 valence electrons. The molecule has 1 aliphatic rings.